The van der Waals surface area contributed by atoms with Crippen LogP contribution in [0.5, 0.6) is 5.75 Å². The standard InChI is InChI=1S/C22H25NO4S/c1-27-19-10-6-5-9-18(19)22(12-13-22)21(24)23-14-11-20(28(25,26)16-15-23)17-7-3-2-4-8-17/h2-10,20H,11-16H2,1H3/t20-/m0/s1. The summed E-state index contributed by atoms with van der Waals surface area (Å²) in [5.41, 5.74) is 1.15. The van der Waals surface area contributed by atoms with Crippen molar-refractivity contribution in [1.29, 1.82) is 0 Å². The molecule has 1 amide bonds. The molecule has 2 aromatic carbocycles. The maximum atomic E-state index is 13.4. The Morgan fingerprint density at radius 2 is 1.71 bits per heavy atom. The molecule has 148 valence electrons. The smallest absolute Gasteiger partial charge is 0.233 e. The number of para-hydroxylation sites is 1. The number of sulfone groups is 1. The summed E-state index contributed by atoms with van der Waals surface area (Å²) >= 11 is 0. The number of methoxy groups -OCH3 is 1. The Bertz CT molecular complexity index is 967. The highest BCUT2D eigenvalue weighted by Crippen LogP contribution is 2.52. The van der Waals surface area contributed by atoms with Crippen molar-refractivity contribution in [2.45, 2.75) is 29.9 Å². The molecule has 0 aromatic heterocycles. The van der Waals surface area contributed by atoms with Gasteiger partial charge in [0.15, 0.2) is 9.84 Å². The lowest BCUT2D eigenvalue weighted by molar-refractivity contribution is -0.133. The Balaban J connectivity index is 1.58. The van der Waals surface area contributed by atoms with Crippen molar-refractivity contribution in [2.24, 2.45) is 0 Å². The van der Waals surface area contributed by atoms with E-state index in [-0.39, 0.29) is 18.2 Å². The van der Waals surface area contributed by atoms with E-state index in [2.05, 4.69) is 0 Å². The van der Waals surface area contributed by atoms with Crippen LogP contribution in [0, 0.1) is 0 Å². The monoisotopic (exact) mass is 399 g/mol. The Morgan fingerprint density at radius 3 is 2.39 bits per heavy atom. The zero-order chi connectivity index (χ0) is 19.8. The maximum absolute atomic E-state index is 13.4. The molecule has 2 fully saturated rings. The van der Waals surface area contributed by atoms with Crippen molar-refractivity contribution in [2.75, 3.05) is 26.0 Å². The minimum absolute atomic E-state index is 0.000303. The minimum Gasteiger partial charge on any atom is -0.496 e. The number of rotatable bonds is 4. The van der Waals surface area contributed by atoms with Gasteiger partial charge in [0.05, 0.1) is 23.5 Å². The number of amides is 1. The zero-order valence-corrected chi connectivity index (χ0v) is 16.8. The van der Waals surface area contributed by atoms with Crippen molar-refractivity contribution in [3.05, 3.63) is 65.7 Å². The van der Waals surface area contributed by atoms with Gasteiger partial charge in [-0.1, -0.05) is 48.5 Å². The molecule has 1 heterocycles. The van der Waals surface area contributed by atoms with Crippen LogP contribution in [0.1, 0.15) is 35.6 Å². The molecule has 0 N–H and O–H groups in total. The second-order valence-corrected chi connectivity index (χ2v) is 9.93. The molecule has 1 saturated carbocycles. The van der Waals surface area contributed by atoms with Gasteiger partial charge < -0.3 is 9.64 Å². The summed E-state index contributed by atoms with van der Waals surface area (Å²) in [6.45, 7) is 0.704. The van der Waals surface area contributed by atoms with Crippen molar-refractivity contribution in [1.82, 2.24) is 4.90 Å². The highest BCUT2D eigenvalue weighted by Gasteiger charge is 2.54. The molecule has 0 bridgehead atoms. The van der Waals surface area contributed by atoms with E-state index >= 15 is 0 Å². The summed E-state index contributed by atoms with van der Waals surface area (Å²) in [5.74, 6) is 0.749. The van der Waals surface area contributed by atoms with Crippen LogP contribution in [0.3, 0.4) is 0 Å². The van der Waals surface area contributed by atoms with Crippen molar-refractivity contribution in [3.8, 4) is 5.75 Å². The molecule has 4 rings (SSSR count). The van der Waals surface area contributed by atoms with E-state index in [1.54, 1.807) is 12.0 Å². The first kappa shape index (κ1) is 19.0. The predicted molar refractivity (Wildman–Crippen MR) is 108 cm³/mol. The van der Waals surface area contributed by atoms with E-state index in [0.717, 1.165) is 29.7 Å². The van der Waals surface area contributed by atoms with Crippen molar-refractivity contribution in [3.63, 3.8) is 0 Å². The topological polar surface area (TPSA) is 63.7 Å². The Hall–Kier alpha value is -2.34. The average Bonchev–Trinajstić information content (AvgIpc) is 3.53. The Kier molecular flexibility index (Phi) is 4.91. The Morgan fingerprint density at radius 1 is 1.04 bits per heavy atom. The minimum atomic E-state index is -3.30. The zero-order valence-electron chi connectivity index (χ0n) is 16.0. The number of hydrogen-bond acceptors (Lipinski definition) is 4. The molecule has 5 nitrogen and oxygen atoms in total. The molecule has 6 heteroatoms. The van der Waals surface area contributed by atoms with Gasteiger partial charge in [-0.25, -0.2) is 8.42 Å². The number of carbonyl (C=O) groups excluding carboxylic acids is 1. The summed E-state index contributed by atoms with van der Waals surface area (Å²) in [7, 11) is -1.69. The van der Waals surface area contributed by atoms with Crippen LogP contribution in [0.2, 0.25) is 0 Å². The van der Waals surface area contributed by atoms with Crippen molar-refractivity contribution < 1.29 is 17.9 Å². The summed E-state index contributed by atoms with van der Waals surface area (Å²) in [6, 6.07) is 17.0. The number of benzene rings is 2. The molecule has 0 unspecified atom stereocenters. The van der Waals surface area contributed by atoms with Gasteiger partial charge in [-0.05, 0) is 30.9 Å². The van der Waals surface area contributed by atoms with E-state index < -0.39 is 20.5 Å². The molecule has 28 heavy (non-hydrogen) atoms. The number of ether oxygens (including phenoxy) is 1. The van der Waals surface area contributed by atoms with Gasteiger partial charge in [-0.3, -0.25) is 4.79 Å². The molecular formula is C22H25NO4S. The van der Waals surface area contributed by atoms with E-state index in [0.29, 0.717) is 13.0 Å². The first-order valence-corrected chi connectivity index (χ1v) is 11.4. The molecule has 2 aromatic rings. The van der Waals surface area contributed by atoms with Crippen LogP contribution >= 0.6 is 0 Å². The van der Waals surface area contributed by atoms with Gasteiger partial charge in [-0.15, -0.1) is 0 Å². The van der Waals surface area contributed by atoms with Crippen molar-refractivity contribution >= 4 is 15.7 Å². The summed E-state index contributed by atoms with van der Waals surface area (Å²) in [5, 5.41) is -0.548. The van der Waals surface area contributed by atoms with E-state index in [1.807, 2.05) is 54.6 Å². The Labute approximate surface area is 166 Å². The fourth-order valence-corrected chi connectivity index (χ4v) is 6.05. The summed E-state index contributed by atoms with van der Waals surface area (Å²) < 4.78 is 31.2. The van der Waals surface area contributed by atoms with E-state index in [1.165, 1.54) is 0 Å². The first-order chi connectivity index (χ1) is 13.5. The predicted octanol–water partition coefficient (Wildman–Crippen LogP) is 3.12. The third-order valence-electron chi connectivity index (χ3n) is 5.98. The SMILES string of the molecule is COc1ccccc1C1(C(=O)N2CC[C@@H](c3ccccc3)S(=O)(=O)CC2)CC1. The van der Waals surface area contributed by atoms with Gasteiger partial charge in [0, 0.05) is 18.7 Å². The van der Waals surface area contributed by atoms with E-state index in [4.69, 9.17) is 4.74 Å². The molecule has 1 atom stereocenters. The van der Waals surface area contributed by atoms with Gasteiger partial charge in [0.2, 0.25) is 5.91 Å². The van der Waals surface area contributed by atoms with Crippen LogP contribution in [-0.2, 0) is 20.0 Å². The highest BCUT2D eigenvalue weighted by atomic mass is 32.2. The fraction of sp³-hybridized carbons (Fsp3) is 0.409. The summed E-state index contributed by atoms with van der Waals surface area (Å²) in [4.78, 5) is 15.2. The van der Waals surface area contributed by atoms with Crippen LogP contribution in [-0.4, -0.2) is 45.2 Å². The van der Waals surface area contributed by atoms with E-state index in [9.17, 15) is 13.2 Å². The van der Waals surface area contributed by atoms with Gasteiger partial charge in [0.1, 0.15) is 5.75 Å². The van der Waals surface area contributed by atoms with Crippen LogP contribution < -0.4 is 4.74 Å². The largest absolute Gasteiger partial charge is 0.496 e. The van der Waals surface area contributed by atoms with Crippen LogP contribution in [0.15, 0.2) is 54.6 Å². The molecule has 0 spiro atoms. The van der Waals surface area contributed by atoms with Crippen LogP contribution in [0.25, 0.3) is 0 Å². The quantitative estimate of drug-likeness (QED) is 0.792. The molecule has 2 aliphatic rings. The maximum Gasteiger partial charge on any atom is 0.233 e. The third-order valence-corrected chi connectivity index (χ3v) is 8.11. The molecule has 0 radical (unpaired) electrons. The van der Waals surface area contributed by atoms with Gasteiger partial charge in [-0.2, -0.15) is 0 Å². The lowest BCUT2D eigenvalue weighted by atomic mass is 9.93. The molecule has 1 aliphatic heterocycles. The lowest BCUT2D eigenvalue weighted by Gasteiger charge is -2.27. The second kappa shape index (κ2) is 7.24. The molecular weight excluding hydrogens is 374 g/mol. The molecule has 1 saturated heterocycles. The molecule has 1 aliphatic carbocycles. The normalized spacial score (nSPS) is 22.9. The fourth-order valence-electron chi connectivity index (χ4n) is 4.25. The highest BCUT2D eigenvalue weighted by molar-refractivity contribution is 7.91. The van der Waals surface area contributed by atoms with Crippen LogP contribution in [0.4, 0.5) is 0 Å². The number of carbonyl (C=O) groups is 1. The third kappa shape index (κ3) is 3.30. The van der Waals surface area contributed by atoms with Gasteiger partial charge in [0.25, 0.3) is 0 Å². The second-order valence-electron chi connectivity index (χ2n) is 7.63. The lowest BCUT2D eigenvalue weighted by Crippen LogP contribution is -2.41. The van der Waals surface area contributed by atoms with Gasteiger partial charge >= 0.3 is 0 Å². The average molecular weight is 400 g/mol. The number of nitrogens with zero attached hydrogens (tertiary/aromatic N) is 1. The first-order valence-electron chi connectivity index (χ1n) is 9.67. The summed E-state index contributed by atoms with van der Waals surface area (Å²) in [6.07, 6.45) is 1.98. The number of hydrogen-bond donors (Lipinski definition) is 0.